The number of carbonyl (C=O) groups excluding carboxylic acids is 1. The highest BCUT2D eigenvalue weighted by Gasteiger charge is 2.40. The van der Waals surface area contributed by atoms with Crippen LogP contribution in [0.4, 0.5) is 10.8 Å². The summed E-state index contributed by atoms with van der Waals surface area (Å²) < 4.78 is 27.5. The van der Waals surface area contributed by atoms with Gasteiger partial charge in [0.2, 0.25) is 5.91 Å². The van der Waals surface area contributed by atoms with Gasteiger partial charge < -0.3 is 5.32 Å². The van der Waals surface area contributed by atoms with E-state index >= 15 is 0 Å². The molecule has 1 aromatic carbocycles. The van der Waals surface area contributed by atoms with Crippen LogP contribution in [-0.2, 0) is 14.8 Å². The number of nitrogens with zero attached hydrogens (tertiary/aromatic N) is 3. The van der Waals surface area contributed by atoms with Gasteiger partial charge in [-0.3, -0.25) is 14.9 Å². The molecule has 1 atom stereocenters. The Balaban J connectivity index is 1.51. The largest absolute Gasteiger partial charge is 0.301 e. The van der Waals surface area contributed by atoms with Crippen LogP contribution in [0.5, 0.6) is 0 Å². The molecular formula is C18H15ClN4O5S3. The number of nitrogens with one attached hydrogen (secondary N) is 1. The maximum atomic E-state index is 12.9. The second-order valence-corrected chi connectivity index (χ2v) is 11.4. The summed E-state index contributed by atoms with van der Waals surface area (Å²) in [5, 5.41) is 15.6. The Morgan fingerprint density at radius 1 is 1.32 bits per heavy atom. The highest BCUT2D eigenvalue weighted by atomic mass is 35.5. The van der Waals surface area contributed by atoms with Crippen molar-refractivity contribution in [2.24, 2.45) is 0 Å². The van der Waals surface area contributed by atoms with E-state index in [0.29, 0.717) is 28.4 Å². The molecule has 3 aromatic rings. The number of anilines is 1. The molecule has 1 fully saturated rings. The zero-order valence-electron chi connectivity index (χ0n) is 15.7. The van der Waals surface area contributed by atoms with E-state index in [2.05, 4.69) is 10.3 Å². The fraction of sp³-hybridized carbons (Fsp3) is 0.222. The molecule has 13 heteroatoms. The van der Waals surface area contributed by atoms with Crippen LogP contribution in [0.25, 0.3) is 11.3 Å². The second kappa shape index (κ2) is 8.63. The van der Waals surface area contributed by atoms with E-state index in [1.54, 1.807) is 17.5 Å². The number of hydrogen-bond acceptors (Lipinski definition) is 8. The highest BCUT2D eigenvalue weighted by Crippen LogP contribution is 2.33. The lowest BCUT2D eigenvalue weighted by Gasteiger charge is -2.22. The molecule has 9 nitrogen and oxygen atoms in total. The fourth-order valence-corrected chi connectivity index (χ4v) is 7.26. The Morgan fingerprint density at radius 3 is 2.84 bits per heavy atom. The normalized spacial score (nSPS) is 17.0. The number of hydrogen-bond donors (Lipinski definition) is 1. The molecule has 0 saturated carbocycles. The maximum absolute atomic E-state index is 12.9. The molecule has 1 saturated heterocycles. The first-order valence-electron chi connectivity index (χ1n) is 9.04. The summed E-state index contributed by atoms with van der Waals surface area (Å²) in [7, 11) is -3.83. The molecule has 1 amide bonds. The van der Waals surface area contributed by atoms with Crippen LogP contribution in [0.15, 0.2) is 46.0 Å². The first kappa shape index (κ1) is 21.8. The molecule has 162 valence electrons. The lowest BCUT2D eigenvalue weighted by Crippen LogP contribution is -2.42. The Hall–Kier alpha value is -2.38. The van der Waals surface area contributed by atoms with Crippen LogP contribution in [0.2, 0.25) is 4.34 Å². The number of rotatable bonds is 6. The Labute approximate surface area is 190 Å². The van der Waals surface area contributed by atoms with Crippen molar-refractivity contribution >= 4 is 61.0 Å². The lowest BCUT2D eigenvalue weighted by molar-refractivity contribution is -0.384. The SMILES string of the molecule is O=C(Nc1nc(-c2cccc([N+](=O)[O-])c2)cs1)C1CCCN1S(=O)(=O)c1ccc(Cl)s1. The van der Waals surface area contributed by atoms with Crippen LogP contribution in [-0.4, -0.2) is 41.1 Å². The van der Waals surface area contributed by atoms with Crippen LogP contribution in [0.3, 0.4) is 0 Å². The summed E-state index contributed by atoms with van der Waals surface area (Å²) in [5.74, 6) is -0.469. The van der Waals surface area contributed by atoms with Crippen LogP contribution in [0.1, 0.15) is 12.8 Å². The summed E-state index contributed by atoms with van der Waals surface area (Å²) in [4.78, 5) is 27.6. The van der Waals surface area contributed by atoms with Crippen molar-refractivity contribution in [2.45, 2.75) is 23.1 Å². The fourth-order valence-electron chi connectivity index (χ4n) is 3.27. The van der Waals surface area contributed by atoms with Gasteiger partial charge in [-0.2, -0.15) is 4.31 Å². The van der Waals surface area contributed by atoms with Crippen molar-refractivity contribution < 1.29 is 18.1 Å². The van der Waals surface area contributed by atoms with Gasteiger partial charge in [-0.1, -0.05) is 23.7 Å². The molecule has 3 heterocycles. The molecule has 4 rings (SSSR count). The van der Waals surface area contributed by atoms with Gasteiger partial charge in [-0.25, -0.2) is 13.4 Å². The molecule has 0 bridgehead atoms. The summed E-state index contributed by atoms with van der Waals surface area (Å²) in [5.41, 5.74) is 0.968. The van der Waals surface area contributed by atoms with Gasteiger partial charge in [0.1, 0.15) is 10.3 Å². The first-order valence-corrected chi connectivity index (χ1v) is 12.6. The number of thiazole rings is 1. The van der Waals surface area contributed by atoms with Gasteiger partial charge in [0.25, 0.3) is 15.7 Å². The summed E-state index contributed by atoms with van der Waals surface area (Å²) in [6.45, 7) is 0.243. The second-order valence-electron chi connectivity index (χ2n) is 6.67. The van der Waals surface area contributed by atoms with Gasteiger partial charge in [-0.05, 0) is 25.0 Å². The molecule has 0 aliphatic carbocycles. The molecule has 1 aliphatic heterocycles. The van der Waals surface area contributed by atoms with Gasteiger partial charge in [0.05, 0.1) is 15.0 Å². The Morgan fingerprint density at radius 2 is 2.13 bits per heavy atom. The van der Waals surface area contributed by atoms with Gasteiger partial charge in [-0.15, -0.1) is 22.7 Å². The topological polar surface area (TPSA) is 123 Å². The van der Waals surface area contributed by atoms with Crippen LogP contribution in [0, 0.1) is 10.1 Å². The zero-order valence-corrected chi connectivity index (χ0v) is 18.9. The molecule has 1 N–H and O–H groups in total. The lowest BCUT2D eigenvalue weighted by atomic mass is 10.1. The standard InChI is InChI=1S/C18H15ClN4O5S3/c19-15-6-7-16(30-15)31(27,28)22-8-2-5-14(22)17(24)21-18-20-13(10-29-18)11-3-1-4-12(9-11)23(25)26/h1,3-4,6-7,9-10,14H,2,5,8H2,(H,20,21,24). The van der Waals surface area contributed by atoms with Crippen molar-refractivity contribution in [3.63, 3.8) is 0 Å². The average molecular weight is 499 g/mol. The third-order valence-corrected chi connectivity index (χ3v) is 9.07. The van der Waals surface area contributed by atoms with Crippen molar-refractivity contribution in [1.82, 2.24) is 9.29 Å². The minimum absolute atomic E-state index is 0.0587. The molecule has 31 heavy (non-hydrogen) atoms. The quantitative estimate of drug-likeness (QED) is 0.401. The molecule has 1 aliphatic rings. The Bertz CT molecular complexity index is 1260. The number of benzene rings is 1. The summed E-state index contributed by atoms with van der Waals surface area (Å²) in [6.07, 6.45) is 0.959. The van der Waals surface area contributed by atoms with Gasteiger partial charge in [0.15, 0.2) is 5.13 Å². The number of thiophene rings is 1. The third kappa shape index (κ3) is 4.48. The van der Waals surface area contributed by atoms with Crippen molar-refractivity contribution in [1.29, 1.82) is 0 Å². The Kier molecular flexibility index (Phi) is 6.08. The minimum atomic E-state index is -3.83. The number of sulfonamides is 1. The predicted molar refractivity (Wildman–Crippen MR) is 119 cm³/mol. The van der Waals surface area contributed by atoms with E-state index < -0.39 is 26.9 Å². The van der Waals surface area contributed by atoms with E-state index in [9.17, 15) is 23.3 Å². The van der Waals surface area contributed by atoms with E-state index in [-0.39, 0.29) is 21.6 Å². The predicted octanol–water partition coefficient (Wildman–Crippen LogP) is 4.23. The van der Waals surface area contributed by atoms with E-state index in [4.69, 9.17) is 11.6 Å². The number of nitro benzene ring substituents is 1. The van der Waals surface area contributed by atoms with E-state index in [1.165, 1.54) is 28.6 Å². The van der Waals surface area contributed by atoms with E-state index in [1.807, 2.05) is 0 Å². The number of non-ortho nitro benzene ring substituents is 1. The molecular weight excluding hydrogens is 484 g/mol. The van der Waals surface area contributed by atoms with Crippen LogP contribution >= 0.6 is 34.3 Å². The molecule has 0 spiro atoms. The van der Waals surface area contributed by atoms with Gasteiger partial charge in [0, 0.05) is 29.6 Å². The number of halogens is 1. The third-order valence-electron chi connectivity index (χ3n) is 4.70. The molecule has 0 radical (unpaired) electrons. The number of carbonyl (C=O) groups is 1. The van der Waals surface area contributed by atoms with Gasteiger partial charge >= 0.3 is 0 Å². The zero-order chi connectivity index (χ0) is 22.2. The number of aromatic nitrogens is 1. The smallest absolute Gasteiger partial charge is 0.270 e. The number of amides is 1. The first-order chi connectivity index (χ1) is 14.8. The van der Waals surface area contributed by atoms with E-state index in [0.717, 1.165) is 22.7 Å². The maximum Gasteiger partial charge on any atom is 0.270 e. The van der Waals surface area contributed by atoms with Crippen LogP contribution < -0.4 is 5.32 Å². The average Bonchev–Trinajstić information content (AvgIpc) is 3.48. The highest BCUT2D eigenvalue weighted by molar-refractivity contribution is 7.91. The minimum Gasteiger partial charge on any atom is -0.301 e. The summed E-state index contributed by atoms with van der Waals surface area (Å²) >= 11 is 7.98. The van der Waals surface area contributed by atoms with Crippen molar-refractivity contribution in [3.8, 4) is 11.3 Å². The molecule has 1 unspecified atom stereocenters. The summed E-state index contributed by atoms with van der Waals surface area (Å²) in [6, 6.07) is 8.12. The number of nitro groups is 1. The monoisotopic (exact) mass is 498 g/mol. The van der Waals surface area contributed by atoms with Crippen molar-refractivity contribution in [2.75, 3.05) is 11.9 Å². The molecule has 2 aromatic heterocycles. The van der Waals surface area contributed by atoms with Crippen molar-refractivity contribution in [3.05, 3.63) is 56.2 Å².